The number of fused-ring (bicyclic) bond motifs is 1. The van der Waals surface area contributed by atoms with Gasteiger partial charge < -0.3 is 10.1 Å². The van der Waals surface area contributed by atoms with Gasteiger partial charge in [-0.05, 0) is 50.5 Å². The molecule has 0 spiro atoms. The lowest BCUT2D eigenvalue weighted by Crippen LogP contribution is -2.23. The molecule has 3 aromatic rings. The molecule has 152 valence electrons. The summed E-state index contributed by atoms with van der Waals surface area (Å²) in [6.07, 6.45) is 0.458. The zero-order valence-electron chi connectivity index (χ0n) is 17.1. The molecule has 0 aliphatic rings. The van der Waals surface area contributed by atoms with E-state index in [1.165, 1.54) is 7.11 Å². The number of aromatic nitrogens is 3. The van der Waals surface area contributed by atoms with Gasteiger partial charge >= 0.3 is 6.09 Å². The number of carbonyl (C=O) groups excluding carboxylic acids is 2. The Morgan fingerprint density at radius 1 is 1.14 bits per heavy atom. The molecule has 3 rings (SSSR count). The summed E-state index contributed by atoms with van der Waals surface area (Å²) in [5, 5.41) is 9.98. The molecule has 0 unspecified atom stereocenters. The van der Waals surface area contributed by atoms with Gasteiger partial charge in [-0.3, -0.25) is 10.1 Å². The van der Waals surface area contributed by atoms with Crippen molar-refractivity contribution in [2.24, 2.45) is 0 Å². The number of nitrogens with one attached hydrogen (secondary N) is 2. The predicted molar refractivity (Wildman–Crippen MR) is 110 cm³/mol. The van der Waals surface area contributed by atoms with Crippen molar-refractivity contribution in [2.45, 2.75) is 40.2 Å². The fourth-order valence-electron chi connectivity index (χ4n) is 3.21. The molecule has 0 saturated carbocycles. The lowest BCUT2D eigenvalue weighted by atomic mass is 10.1. The SMILES string of the molecule is COC(=O)Nc1ccc(CNC(=O)CCc2c(C)nc3cc(C)nn3c2C)cc1. The van der Waals surface area contributed by atoms with E-state index in [9.17, 15) is 9.59 Å². The molecule has 0 aliphatic carbocycles. The number of hydrogen-bond donors (Lipinski definition) is 2. The normalized spacial score (nSPS) is 10.8. The monoisotopic (exact) mass is 395 g/mol. The Hall–Kier alpha value is -3.42. The summed E-state index contributed by atoms with van der Waals surface area (Å²) in [5.74, 6) is -0.0303. The van der Waals surface area contributed by atoms with Gasteiger partial charge in [0.05, 0.1) is 12.8 Å². The summed E-state index contributed by atoms with van der Waals surface area (Å²) in [5.41, 5.74) is 6.32. The highest BCUT2D eigenvalue weighted by molar-refractivity contribution is 5.84. The fraction of sp³-hybridized carbons (Fsp3) is 0.333. The quantitative estimate of drug-likeness (QED) is 0.668. The molecule has 1 aromatic carbocycles. The smallest absolute Gasteiger partial charge is 0.411 e. The Kier molecular flexibility index (Phi) is 6.11. The number of methoxy groups -OCH3 is 1. The molecule has 8 nitrogen and oxygen atoms in total. The minimum absolute atomic E-state index is 0.0303. The Morgan fingerprint density at radius 3 is 2.55 bits per heavy atom. The third-order valence-electron chi connectivity index (χ3n) is 4.76. The van der Waals surface area contributed by atoms with Crippen LogP contribution in [0.3, 0.4) is 0 Å². The largest absolute Gasteiger partial charge is 0.453 e. The van der Waals surface area contributed by atoms with Crippen molar-refractivity contribution in [2.75, 3.05) is 12.4 Å². The number of rotatable bonds is 6. The third kappa shape index (κ3) is 4.90. The summed E-state index contributed by atoms with van der Waals surface area (Å²) in [7, 11) is 1.31. The molecule has 0 radical (unpaired) electrons. The van der Waals surface area contributed by atoms with E-state index in [0.29, 0.717) is 25.1 Å². The van der Waals surface area contributed by atoms with E-state index < -0.39 is 6.09 Å². The van der Waals surface area contributed by atoms with E-state index in [0.717, 1.165) is 33.9 Å². The number of aryl methyl sites for hydroxylation is 3. The molecule has 2 N–H and O–H groups in total. The van der Waals surface area contributed by atoms with Crippen LogP contribution in [-0.4, -0.2) is 33.7 Å². The molecule has 2 amide bonds. The molecule has 2 heterocycles. The second-order valence-corrected chi connectivity index (χ2v) is 6.91. The molecular weight excluding hydrogens is 370 g/mol. The van der Waals surface area contributed by atoms with Gasteiger partial charge in [-0.2, -0.15) is 5.10 Å². The van der Waals surface area contributed by atoms with Crippen LogP contribution in [-0.2, 0) is 22.5 Å². The van der Waals surface area contributed by atoms with Crippen LogP contribution in [0.1, 0.15) is 34.6 Å². The van der Waals surface area contributed by atoms with Gasteiger partial charge in [0.15, 0.2) is 5.65 Å². The number of nitrogens with zero attached hydrogens (tertiary/aromatic N) is 3. The Morgan fingerprint density at radius 2 is 1.86 bits per heavy atom. The van der Waals surface area contributed by atoms with Crippen molar-refractivity contribution < 1.29 is 14.3 Å². The second kappa shape index (κ2) is 8.72. The standard InChI is InChI=1S/C21H25N5O3/c1-13-11-19-23-14(2)18(15(3)26(19)25-13)9-10-20(27)22-12-16-5-7-17(8-6-16)24-21(28)29-4/h5-8,11H,9-10,12H2,1-4H3,(H,22,27)(H,24,28). The van der Waals surface area contributed by atoms with Crippen molar-refractivity contribution in [3.63, 3.8) is 0 Å². The maximum atomic E-state index is 12.3. The third-order valence-corrected chi connectivity index (χ3v) is 4.76. The van der Waals surface area contributed by atoms with Crippen LogP contribution < -0.4 is 10.6 Å². The van der Waals surface area contributed by atoms with Crippen LogP contribution in [0.15, 0.2) is 30.3 Å². The Labute approximate surface area is 169 Å². The molecule has 0 aliphatic heterocycles. The molecule has 0 fully saturated rings. The maximum absolute atomic E-state index is 12.3. The van der Waals surface area contributed by atoms with Gasteiger partial charge in [0, 0.05) is 36.1 Å². The van der Waals surface area contributed by atoms with E-state index in [2.05, 4.69) is 25.5 Å². The highest BCUT2D eigenvalue weighted by Crippen LogP contribution is 2.17. The number of ether oxygens (including phenoxy) is 1. The molecule has 8 heteroatoms. The Balaban J connectivity index is 1.55. The van der Waals surface area contributed by atoms with Crippen LogP contribution in [0.25, 0.3) is 5.65 Å². The molecular formula is C21H25N5O3. The highest BCUT2D eigenvalue weighted by Gasteiger charge is 2.13. The first-order valence-corrected chi connectivity index (χ1v) is 9.40. The summed E-state index contributed by atoms with van der Waals surface area (Å²) >= 11 is 0. The van der Waals surface area contributed by atoms with Gasteiger partial charge in [0.2, 0.25) is 5.91 Å². The van der Waals surface area contributed by atoms with Crippen LogP contribution in [0.2, 0.25) is 0 Å². The first-order valence-electron chi connectivity index (χ1n) is 9.40. The minimum atomic E-state index is -0.519. The number of carbonyl (C=O) groups is 2. The maximum Gasteiger partial charge on any atom is 0.411 e. The van der Waals surface area contributed by atoms with Crippen molar-refractivity contribution >= 4 is 23.3 Å². The van der Waals surface area contributed by atoms with E-state index in [-0.39, 0.29) is 5.91 Å². The van der Waals surface area contributed by atoms with Gasteiger partial charge in [0.1, 0.15) is 0 Å². The van der Waals surface area contributed by atoms with Crippen molar-refractivity contribution in [1.29, 1.82) is 0 Å². The van der Waals surface area contributed by atoms with Crippen LogP contribution >= 0.6 is 0 Å². The number of hydrogen-bond acceptors (Lipinski definition) is 5. The lowest BCUT2D eigenvalue weighted by molar-refractivity contribution is -0.121. The Bertz CT molecular complexity index is 1040. The van der Waals surface area contributed by atoms with Crippen LogP contribution in [0.5, 0.6) is 0 Å². The molecule has 29 heavy (non-hydrogen) atoms. The van der Waals surface area contributed by atoms with Crippen LogP contribution in [0, 0.1) is 20.8 Å². The zero-order valence-corrected chi connectivity index (χ0v) is 17.1. The first-order chi connectivity index (χ1) is 13.9. The van der Waals surface area contributed by atoms with Crippen molar-refractivity contribution in [3.05, 3.63) is 58.5 Å². The number of anilines is 1. The second-order valence-electron chi connectivity index (χ2n) is 6.91. The summed E-state index contributed by atoms with van der Waals surface area (Å²) < 4.78 is 6.38. The topological polar surface area (TPSA) is 97.6 Å². The van der Waals surface area contributed by atoms with E-state index in [1.807, 2.05) is 43.5 Å². The average molecular weight is 395 g/mol. The molecule has 2 aromatic heterocycles. The van der Waals surface area contributed by atoms with Gasteiger partial charge in [-0.25, -0.2) is 14.3 Å². The van der Waals surface area contributed by atoms with Crippen molar-refractivity contribution in [1.82, 2.24) is 19.9 Å². The average Bonchev–Trinajstić information content (AvgIpc) is 3.07. The highest BCUT2D eigenvalue weighted by atomic mass is 16.5. The van der Waals surface area contributed by atoms with Crippen LogP contribution in [0.4, 0.5) is 10.5 Å². The molecule has 0 bridgehead atoms. The van der Waals surface area contributed by atoms with Gasteiger partial charge in [0.25, 0.3) is 0 Å². The zero-order chi connectivity index (χ0) is 21.0. The van der Waals surface area contributed by atoms with E-state index in [4.69, 9.17) is 0 Å². The summed E-state index contributed by atoms with van der Waals surface area (Å²) in [4.78, 5) is 28.1. The van der Waals surface area contributed by atoms with E-state index >= 15 is 0 Å². The predicted octanol–water partition coefficient (Wildman–Crippen LogP) is 3.08. The van der Waals surface area contributed by atoms with Gasteiger partial charge in [-0.15, -0.1) is 0 Å². The number of benzene rings is 1. The number of amides is 2. The van der Waals surface area contributed by atoms with Gasteiger partial charge in [-0.1, -0.05) is 12.1 Å². The lowest BCUT2D eigenvalue weighted by Gasteiger charge is -2.11. The van der Waals surface area contributed by atoms with Crippen molar-refractivity contribution in [3.8, 4) is 0 Å². The fourth-order valence-corrected chi connectivity index (χ4v) is 3.21. The summed E-state index contributed by atoms with van der Waals surface area (Å²) in [6, 6.07) is 9.16. The molecule has 0 atom stereocenters. The minimum Gasteiger partial charge on any atom is -0.453 e. The molecule has 0 saturated heterocycles. The summed E-state index contributed by atoms with van der Waals surface area (Å²) in [6.45, 7) is 6.33. The first kappa shape index (κ1) is 20.3. The van der Waals surface area contributed by atoms with E-state index in [1.54, 1.807) is 12.1 Å².